The molecule has 154 valence electrons. The number of sulfonamides is 1. The molecule has 1 aliphatic heterocycles. The van der Waals surface area contributed by atoms with Gasteiger partial charge in [-0.25, -0.2) is 13.1 Å². The molecule has 0 saturated carbocycles. The van der Waals surface area contributed by atoms with Crippen LogP contribution in [0.2, 0.25) is 0 Å². The summed E-state index contributed by atoms with van der Waals surface area (Å²) >= 11 is 0. The normalized spacial score (nSPS) is 16.9. The van der Waals surface area contributed by atoms with E-state index in [1.54, 1.807) is 41.3 Å². The number of benzene rings is 3. The number of hydrogen-bond acceptors (Lipinski definition) is 4. The summed E-state index contributed by atoms with van der Waals surface area (Å²) in [4.78, 5) is 14.2. The third kappa shape index (κ3) is 4.19. The van der Waals surface area contributed by atoms with E-state index in [1.165, 1.54) is 0 Å². The van der Waals surface area contributed by atoms with E-state index in [1.807, 2.05) is 30.3 Å². The average Bonchev–Trinajstić information content (AvgIpc) is 3.05. The molecule has 0 radical (unpaired) electrons. The van der Waals surface area contributed by atoms with Crippen molar-refractivity contribution in [3.63, 3.8) is 0 Å². The van der Waals surface area contributed by atoms with Crippen molar-refractivity contribution >= 4 is 32.5 Å². The molecule has 3 aromatic carbocycles. The molecule has 8 heteroatoms. The van der Waals surface area contributed by atoms with Gasteiger partial charge in [-0.05, 0) is 34.5 Å². The van der Waals surface area contributed by atoms with E-state index in [2.05, 4.69) is 4.72 Å². The molecule has 0 aromatic heterocycles. The molecular weight excluding hydrogens is 400 g/mol. The van der Waals surface area contributed by atoms with Crippen LogP contribution in [0.25, 0.3) is 10.8 Å². The van der Waals surface area contributed by atoms with Gasteiger partial charge in [0.15, 0.2) is 0 Å². The maximum atomic E-state index is 12.8. The Kier molecular flexibility index (Phi) is 5.27. The Hall–Kier alpha value is -3.23. The van der Waals surface area contributed by atoms with E-state index in [-0.39, 0.29) is 29.6 Å². The summed E-state index contributed by atoms with van der Waals surface area (Å²) in [6, 6.07) is 19.2. The van der Waals surface area contributed by atoms with Gasteiger partial charge in [0.05, 0.1) is 4.90 Å². The second-order valence-electron chi connectivity index (χ2n) is 7.42. The van der Waals surface area contributed by atoms with Crippen molar-refractivity contribution in [2.75, 3.05) is 6.54 Å². The van der Waals surface area contributed by atoms with E-state index < -0.39 is 16.1 Å². The number of nitrogen functional groups attached to an aromatic ring is 1. The molecule has 1 aliphatic rings. The molecular formula is C22H22N4O3S. The zero-order chi connectivity index (χ0) is 21.3. The predicted molar refractivity (Wildman–Crippen MR) is 116 cm³/mol. The highest BCUT2D eigenvalue weighted by Gasteiger charge is 2.32. The Bertz CT molecular complexity index is 1240. The second kappa shape index (κ2) is 7.89. The first-order valence-electron chi connectivity index (χ1n) is 9.54. The lowest BCUT2D eigenvalue weighted by Crippen LogP contribution is -2.37. The van der Waals surface area contributed by atoms with Gasteiger partial charge in [0.1, 0.15) is 5.84 Å². The lowest BCUT2D eigenvalue weighted by molar-refractivity contribution is -0.128. The monoisotopic (exact) mass is 422 g/mol. The number of amides is 1. The van der Waals surface area contributed by atoms with Crippen LogP contribution in [0.4, 0.5) is 0 Å². The van der Waals surface area contributed by atoms with E-state index >= 15 is 0 Å². The maximum Gasteiger partial charge on any atom is 0.240 e. The molecule has 1 atom stereocenters. The van der Waals surface area contributed by atoms with Gasteiger partial charge in [0, 0.05) is 31.1 Å². The van der Waals surface area contributed by atoms with Gasteiger partial charge in [0.25, 0.3) is 0 Å². The van der Waals surface area contributed by atoms with Gasteiger partial charge in [0.2, 0.25) is 15.9 Å². The predicted octanol–water partition coefficient (Wildman–Crippen LogP) is 2.20. The van der Waals surface area contributed by atoms with Crippen molar-refractivity contribution in [1.82, 2.24) is 9.62 Å². The number of carbonyl (C=O) groups is 1. The molecule has 0 spiro atoms. The number of rotatable bonds is 6. The van der Waals surface area contributed by atoms with Crippen LogP contribution in [0.15, 0.2) is 71.6 Å². The average molecular weight is 423 g/mol. The van der Waals surface area contributed by atoms with Crippen LogP contribution < -0.4 is 10.5 Å². The fraction of sp³-hybridized carbons (Fsp3) is 0.182. The quantitative estimate of drug-likeness (QED) is 0.417. The first kappa shape index (κ1) is 20.1. The van der Waals surface area contributed by atoms with Crippen molar-refractivity contribution in [1.29, 1.82) is 5.41 Å². The molecule has 1 fully saturated rings. The number of nitrogens with zero attached hydrogens (tertiary/aromatic N) is 1. The summed E-state index contributed by atoms with van der Waals surface area (Å²) in [5, 5.41) is 9.35. The van der Waals surface area contributed by atoms with Crippen molar-refractivity contribution in [3.8, 4) is 0 Å². The highest BCUT2D eigenvalue weighted by molar-refractivity contribution is 7.89. The van der Waals surface area contributed by atoms with Gasteiger partial charge in [-0.3, -0.25) is 10.2 Å². The Labute approximate surface area is 175 Å². The van der Waals surface area contributed by atoms with Crippen molar-refractivity contribution < 1.29 is 13.2 Å². The number of fused-ring (bicyclic) bond motifs is 1. The molecule has 3 aromatic rings. The first-order chi connectivity index (χ1) is 14.3. The molecule has 1 saturated heterocycles. The standard InChI is InChI=1S/C22H22N4O3S/c23-22(24)18-7-3-4-15(10-18)13-26-14-19(12-21(26)27)25-30(28,29)20-9-8-16-5-1-2-6-17(16)11-20/h1-11,19,25H,12-14H2,(H3,23,24)/t19-/m0/s1. The van der Waals surface area contributed by atoms with Gasteiger partial charge < -0.3 is 10.6 Å². The number of amidine groups is 1. The number of carbonyl (C=O) groups excluding carboxylic acids is 1. The molecule has 7 nitrogen and oxygen atoms in total. The van der Waals surface area contributed by atoms with E-state index in [0.717, 1.165) is 16.3 Å². The van der Waals surface area contributed by atoms with Gasteiger partial charge in [-0.15, -0.1) is 0 Å². The molecule has 4 rings (SSSR count). The molecule has 1 amide bonds. The van der Waals surface area contributed by atoms with Crippen molar-refractivity contribution in [3.05, 3.63) is 77.9 Å². The lowest BCUT2D eigenvalue weighted by atomic mass is 10.1. The van der Waals surface area contributed by atoms with Crippen molar-refractivity contribution in [2.24, 2.45) is 5.73 Å². The van der Waals surface area contributed by atoms with Crippen LogP contribution in [-0.4, -0.2) is 37.6 Å². The summed E-state index contributed by atoms with van der Waals surface area (Å²) in [5.41, 5.74) is 6.96. The first-order valence-corrected chi connectivity index (χ1v) is 11.0. The largest absolute Gasteiger partial charge is 0.384 e. The minimum absolute atomic E-state index is 0.0365. The minimum Gasteiger partial charge on any atom is -0.384 e. The summed E-state index contributed by atoms with van der Waals surface area (Å²) in [6.45, 7) is 0.629. The summed E-state index contributed by atoms with van der Waals surface area (Å²) in [5.74, 6) is -0.153. The molecule has 4 N–H and O–H groups in total. The molecule has 1 heterocycles. The Morgan fingerprint density at radius 1 is 1.07 bits per heavy atom. The summed E-state index contributed by atoms with van der Waals surface area (Å²) < 4.78 is 28.4. The summed E-state index contributed by atoms with van der Waals surface area (Å²) in [7, 11) is -3.75. The molecule has 0 aliphatic carbocycles. The number of nitrogens with two attached hydrogens (primary N) is 1. The fourth-order valence-electron chi connectivity index (χ4n) is 3.68. The van der Waals surface area contributed by atoms with Crippen LogP contribution in [-0.2, 0) is 21.4 Å². The molecule has 30 heavy (non-hydrogen) atoms. The van der Waals surface area contributed by atoms with E-state index in [9.17, 15) is 13.2 Å². The lowest BCUT2D eigenvalue weighted by Gasteiger charge is -2.18. The van der Waals surface area contributed by atoms with Crippen LogP contribution in [0, 0.1) is 5.41 Å². The maximum absolute atomic E-state index is 12.8. The number of likely N-dealkylation sites (tertiary alicyclic amines) is 1. The highest BCUT2D eigenvalue weighted by atomic mass is 32.2. The Morgan fingerprint density at radius 2 is 1.83 bits per heavy atom. The topological polar surface area (TPSA) is 116 Å². The highest BCUT2D eigenvalue weighted by Crippen LogP contribution is 2.21. The molecule has 0 unspecified atom stereocenters. The van der Waals surface area contributed by atoms with Gasteiger partial charge >= 0.3 is 0 Å². The Morgan fingerprint density at radius 3 is 2.60 bits per heavy atom. The second-order valence-corrected chi connectivity index (χ2v) is 9.13. The zero-order valence-corrected chi connectivity index (χ0v) is 17.0. The third-order valence-corrected chi connectivity index (χ3v) is 6.70. The Balaban J connectivity index is 1.47. The van der Waals surface area contributed by atoms with Crippen LogP contribution >= 0.6 is 0 Å². The molecule has 0 bridgehead atoms. The number of hydrogen-bond donors (Lipinski definition) is 3. The minimum atomic E-state index is -3.75. The van der Waals surface area contributed by atoms with Crippen molar-refractivity contribution in [2.45, 2.75) is 23.9 Å². The SMILES string of the molecule is N=C(N)c1cccc(CN2C[C@@H](NS(=O)(=O)c3ccc4ccccc4c3)CC2=O)c1. The smallest absolute Gasteiger partial charge is 0.240 e. The van der Waals surface area contributed by atoms with Crippen LogP contribution in [0.1, 0.15) is 17.5 Å². The van der Waals surface area contributed by atoms with Crippen LogP contribution in [0.5, 0.6) is 0 Å². The zero-order valence-electron chi connectivity index (χ0n) is 16.2. The van der Waals surface area contributed by atoms with E-state index in [4.69, 9.17) is 11.1 Å². The fourth-order valence-corrected chi connectivity index (χ4v) is 4.95. The van der Waals surface area contributed by atoms with Crippen LogP contribution in [0.3, 0.4) is 0 Å². The van der Waals surface area contributed by atoms with Gasteiger partial charge in [-0.2, -0.15) is 0 Å². The third-order valence-electron chi connectivity index (χ3n) is 5.18. The summed E-state index contributed by atoms with van der Waals surface area (Å²) in [6.07, 6.45) is 0.110. The number of nitrogens with one attached hydrogen (secondary N) is 2. The van der Waals surface area contributed by atoms with Gasteiger partial charge in [-0.1, -0.05) is 48.5 Å². The van der Waals surface area contributed by atoms with E-state index in [0.29, 0.717) is 12.1 Å².